The summed E-state index contributed by atoms with van der Waals surface area (Å²) in [5.74, 6) is 1.04. The molecule has 8 heteroatoms. The van der Waals surface area contributed by atoms with Gasteiger partial charge in [0.15, 0.2) is 6.61 Å². The molecular weight excluding hydrogens is 406 g/mol. The second kappa shape index (κ2) is 10.2. The largest absolute Gasteiger partial charge is 0.483 e. The van der Waals surface area contributed by atoms with Crippen LogP contribution in [0.2, 0.25) is 0 Å². The molecule has 2 aliphatic heterocycles. The smallest absolute Gasteiger partial charge is 0.258 e. The predicted molar refractivity (Wildman–Crippen MR) is 123 cm³/mol. The molecule has 0 bridgehead atoms. The third-order valence-electron chi connectivity index (χ3n) is 6.42. The highest BCUT2D eigenvalue weighted by Crippen LogP contribution is 2.26. The third kappa shape index (κ3) is 5.68. The number of anilines is 1. The van der Waals surface area contributed by atoms with E-state index in [1.54, 1.807) is 4.68 Å². The second-order valence-electron chi connectivity index (χ2n) is 8.95. The number of para-hydroxylation sites is 1. The van der Waals surface area contributed by atoms with Crippen LogP contribution in [0.3, 0.4) is 0 Å². The first-order chi connectivity index (χ1) is 15.5. The van der Waals surface area contributed by atoms with E-state index in [2.05, 4.69) is 26.7 Å². The van der Waals surface area contributed by atoms with Gasteiger partial charge in [-0.25, -0.2) is 0 Å². The van der Waals surface area contributed by atoms with E-state index in [-0.39, 0.29) is 24.5 Å². The van der Waals surface area contributed by atoms with Gasteiger partial charge in [-0.1, -0.05) is 24.6 Å². The summed E-state index contributed by atoms with van der Waals surface area (Å²) in [7, 11) is 1.84. The van der Waals surface area contributed by atoms with Gasteiger partial charge in [0.25, 0.3) is 5.91 Å². The molecule has 1 aromatic heterocycles. The SMILES string of the molecule is Cc1nn(C)cc1NC(=O)CN1CC[C@H]2NC(=O)COc3ccccc3CCCC[C@@H]2C1. The van der Waals surface area contributed by atoms with Crippen LogP contribution in [0.15, 0.2) is 30.5 Å². The van der Waals surface area contributed by atoms with Gasteiger partial charge in [-0.2, -0.15) is 5.10 Å². The minimum atomic E-state index is -0.0753. The molecule has 4 rings (SSSR count). The number of hydrogen-bond donors (Lipinski definition) is 2. The fourth-order valence-electron chi connectivity index (χ4n) is 4.81. The van der Waals surface area contributed by atoms with E-state index in [1.807, 2.05) is 38.4 Å². The highest BCUT2D eigenvalue weighted by atomic mass is 16.5. The van der Waals surface area contributed by atoms with E-state index in [9.17, 15) is 9.59 Å². The van der Waals surface area contributed by atoms with Crippen molar-refractivity contribution in [3.63, 3.8) is 0 Å². The molecule has 1 aromatic carbocycles. The highest BCUT2D eigenvalue weighted by molar-refractivity contribution is 5.92. The summed E-state index contributed by atoms with van der Waals surface area (Å²) >= 11 is 0. The predicted octanol–water partition coefficient (Wildman–Crippen LogP) is 2.28. The third-order valence-corrected chi connectivity index (χ3v) is 6.42. The molecule has 172 valence electrons. The highest BCUT2D eigenvalue weighted by Gasteiger charge is 2.31. The average Bonchev–Trinajstić information content (AvgIpc) is 3.07. The Morgan fingerprint density at radius 2 is 2.12 bits per heavy atom. The fourth-order valence-corrected chi connectivity index (χ4v) is 4.81. The maximum absolute atomic E-state index is 12.6. The molecule has 0 aliphatic carbocycles. The summed E-state index contributed by atoms with van der Waals surface area (Å²) in [4.78, 5) is 27.3. The first-order valence-electron chi connectivity index (χ1n) is 11.5. The van der Waals surface area contributed by atoms with Crippen molar-refractivity contribution in [2.75, 3.05) is 31.6 Å². The van der Waals surface area contributed by atoms with Crippen LogP contribution in [-0.4, -0.2) is 58.8 Å². The van der Waals surface area contributed by atoms with Gasteiger partial charge in [-0.15, -0.1) is 0 Å². The molecule has 2 atom stereocenters. The lowest BCUT2D eigenvalue weighted by Crippen LogP contribution is -2.53. The Kier molecular flexibility index (Phi) is 7.09. The first-order valence-corrected chi connectivity index (χ1v) is 11.5. The lowest BCUT2D eigenvalue weighted by Gasteiger charge is -2.39. The number of carbonyl (C=O) groups excluding carboxylic acids is 2. The van der Waals surface area contributed by atoms with Gasteiger partial charge >= 0.3 is 0 Å². The molecule has 3 heterocycles. The van der Waals surface area contributed by atoms with Crippen LogP contribution >= 0.6 is 0 Å². The van der Waals surface area contributed by atoms with Crippen LogP contribution in [0.1, 0.15) is 36.9 Å². The number of aryl methyl sites for hydroxylation is 3. The van der Waals surface area contributed by atoms with Crippen LogP contribution < -0.4 is 15.4 Å². The number of amides is 2. The quantitative estimate of drug-likeness (QED) is 0.766. The molecule has 1 fully saturated rings. The minimum absolute atomic E-state index is 0.0262. The molecule has 0 spiro atoms. The zero-order valence-corrected chi connectivity index (χ0v) is 19.0. The molecule has 32 heavy (non-hydrogen) atoms. The number of likely N-dealkylation sites (tertiary alicyclic amines) is 1. The van der Waals surface area contributed by atoms with Crippen molar-refractivity contribution in [1.82, 2.24) is 20.0 Å². The van der Waals surface area contributed by atoms with Crippen molar-refractivity contribution in [3.8, 4) is 5.75 Å². The Hall–Kier alpha value is -2.87. The summed E-state index contributed by atoms with van der Waals surface area (Å²) in [5.41, 5.74) is 2.72. The molecule has 2 N–H and O–H groups in total. The van der Waals surface area contributed by atoms with Gasteiger partial charge in [-0.3, -0.25) is 19.2 Å². The number of nitrogens with zero attached hydrogens (tertiary/aromatic N) is 3. The molecule has 1 saturated heterocycles. The molecule has 0 radical (unpaired) electrons. The number of nitrogens with one attached hydrogen (secondary N) is 2. The zero-order valence-electron chi connectivity index (χ0n) is 19.0. The summed E-state index contributed by atoms with van der Waals surface area (Å²) in [6.45, 7) is 3.86. The maximum Gasteiger partial charge on any atom is 0.258 e. The second-order valence-corrected chi connectivity index (χ2v) is 8.95. The topological polar surface area (TPSA) is 88.5 Å². The van der Waals surface area contributed by atoms with Crippen molar-refractivity contribution in [1.29, 1.82) is 0 Å². The number of rotatable bonds is 3. The van der Waals surface area contributed by atoms with E-state index >= 15 is 0 Å². The summed E-state index contributed by atoms with van der Waals surface area (Å²) in [6, 6.07) is 8.10. The van der Waals surface area contributed by atoms with Gasteiger partial charge in [0.2, 0.25) is 5.91 Å². The van der Waals surface area contributed by atoms with Gasteiger partial charge in [0.1, 0.15) is 5.75 Å². The van der Waals surface area contributed by atoms with Crippen LogP contribution in [-0.2, 0) is 23.1 Å². The van der Waals surface area contributed by atoms with Crippen molar-refractivity contribution < 1.29 is 14.3 Å². The average molecular weight is 440 g/mol. The molecule has 2 aliphatic rings. The number of piperidine rings is 1. The number of benzene rings is 1. The molecule has 2 aromatic rings. The minimum Gasteiger partial charge on any atom is -0.483 e. The van der Waals surface area contributed by atoms with E-state index < -0.39 is 0 Å². The Morgan fingerprint density at radius 3 is 2.94 bits per heavy atom. The molecule has 0 saturated carbocycles. The monoisotopic (exact) mass is 439 g/mol. The molecule has 0 unspecified atom stereocenters. The van der Waals surface area contributed by atoms with Crippen molar-refractivity contribution in [2.45, 2.75) is 45.1 Å². The van der Waals surface area contributed by atoms with Crippen molar-refractivity contribution in [3.05, 3.63) is 41.7 Å². The number of carbonyl (C=O) groups is 2. The molecule has 2 amide bonds. The fraction of sp³-hybridized carbons (Fsp3) is 0.542. The Morgan fingerprint density at radius 1 is 1.28 bits per heavy atom. The lowest BCUT2D eigenvalue weighted by molar-refractivity contribution is -0.125. The Balaban J connectivity index is 1.36. The van der Waals surface area contributed by atoms with Gasteiger partial charge < -0.3 is 15.4 Å². The normalized spacial score (nSPS) is 22.4. The van der Waals surface area contributed by atoms with Crippen LogP contribution in [0.25, 0.3) is 0 Å². The molecular formula is C24H33N5O3. The lowest BCUT2D eigenvalue weighted by atomic mass is 9.87. The number of hydrogen-bond acceptors (Lipinski definition) is 5. The van der Waals surface area contributed by atoms with Gasteiger partial charge in [-0.05, 0) is 50.2 Å². The summed E-state index contributed by atoms with van der Waals surface area (Å²) in [6.07, 6.45) is 6.81. The van der Waals surface area contributed by atoms with Gasteiger partial charge in [0.05, 0.1) is 17.9 Å². The van der Waals surface area contributed by atoms with Crippen LogP contribution in [0.5, 0.6) is 5.75 Å². The van der Waals surface area contributed by atoms with Crippen LogP contribution in [0, 0.1) is 12.8 Å². The number of aromatic nitrogens is 2. The van der Waals surface area contributed by atoms with Gasteiger partial charge in [0, 0.05) is 32.4 Å². The standard InChI is InChI=1S/C24H33N5O3/c1-17-21(14-28(2)27-17)26-23(30)15-29-12-11-20-19(13-29)9-4-3-7-18-8-5-6-10-22(18)32-16-24(31)25-20/h5-6,8,10,14,19-20H,3-4,7,9,11-13,15-16H2,1-2H3,(H,25,31)(H,26,30)/t19-,20-/m1/s1. The zero-order chi connectivity index (χ0) is 22.5. The van der Waals surface area contributed by atoms with Crippen LogP contribution in [0.4, 0.5) is 5.69 Å². The number of ether oxygens (including phenoxy) is 1. The number of fused-ring (bicyclic) bond motifs is 2. The first kappa shape index (κ1) is 22.3. The molecule has 8 nitrogen and oxygen atoms in total. The summed E-state index contributed by atoms with van der Waals surface area (Å²) < 4.78 is 7.51. The Bertz CT molecular complexity index is 957. The van der Waals surface area contributed by atoms with Crippen molar-refractivity contribution in [2.24, 2.45) is 13.0 Å². The van der Waals surface area contributed by atoms with E-state index in [0.29, 0.717) is 12.5 Å². The maximum atomic E-state index is 12.6. The van der Waals surface area contributed by atoms with E-state index in [1.165, 1.54) is 0 Å². The summed E-state index contributed by atoms with van der Waals surface area (Å²) in [5, 5.41) is 10.4. The van der Waals surface area contributed by atoms with E-state index in [4.69, 9.17) is 4.74 Å². The van der Waals surface area contributed by atoms with Crippen molar-refractivity contribution >= 4 is 17.5 Å². The van der Waals surface area contributed by atoms with E-state index in [0.717, 1.165) is 67.9 Å². The Labute approximate surface area is 189 Å².